The lowest BCUT2D eigenvalue weighted by Crippen LogP contribution is -2.20. The number of aryl methyl sites for hydroxylation is 2. The van der Waals surface area contributed by atoms with Crippen LogP contribution in [0.4, 0.5) is 5.69 Å². The summed E-state index contributed by atoms with van der Waals surface area (Å²) in [6.45, 7) is 3.83. The van der Waals surface area contributed by atoms with Gasteiger partial charge in [-0.15, -0.1) is 0 Å². The number of carboxylic acids is 1. The fourth-order valence-electron chi connectivity index (χ4n) is 2.81. The summed E-state index contributed by atoms with van der Waals surface area (Å²) in [5.41, 5.74) is 2.75. The predicted octanol–water partition coefficient (Wildman–Crippen LogP) is 4.81. The van der Waals surface area contributed by atoms with Gasteiger partial charge in [0, 0.05) is 5.69 Å². The van der Waals surface area contributed by atoms with Gasteiger partial charge in [0.25, 0.3) is 5.91 Å². The van der Waals surface area contributed by atoms with Crippen molar-refractivity contribution in [2.24, 2.45) is 0 Å². The van der Waals surface area contributed by atoms with Crippen molar-refractivity contribution in [3.05, 3.63) is 83.4 Å². The summed E-state index contributed by atoms with van der Waals surface area (Å²) in [5, 5.41) is 11.6. The molecular formula is C23H21NO5. The molecule has 0 fully saturated rings. The van der Waals surface area contributed by atoms with Gasteiger partial charge in [-0.2, -0.15) is 0 Å². The van der Waals surface area contributed by atoms with Crippen molar-refractivity contribution in [1.29, 1.82) is 0 Å². The van der Waals surface area contributed by atoms with E-state index in [1.165, 1.54) is 12.1 Å². The van der Waals surface area contributed by atoms with Crippen LogP contribution in [0, 0.1) is 13.8 Å². The summed E-state index contributed by atoms with van der Waals surface area (Å²) in [7, 11) is 0. The van der Waals surface area contributed by atoms with Crippen LogP contribution in [-0.4, -0.2) is 23.6 Å². The molecule has 2 N–H and O–H groups in total. The van der Waals surface area contributed by atoms with Gasteiger partial charge in [0.05, 0.1) is 5.56 Å². The predicted molar refractivity (Wildman–Crippen MR) is 110 cm³/mol. The lowest BCUT2D eigenvalue weighted by Gasteiger charge is -2.10. The summed E-state index contributed by atoms with van der Waals surface area (Å²) in [4.78, 5) is 23.0. The average Bonchev–Trinajstić information content (AvgIpc) is 2.67. The number of carboxylic acid groups (broad SMARTS) is 1. The molecular weight excluding hydrogens is 370 g/mol. The highest BCUT2D eigenvalue weighted by Crippen LogP contribution is 2.25. The number of rotatable bonds is 7. The Morgan fingerprint density at radius 2 is 1.52 bits per heavy atom. The summed E-state index contributed by atoms with van der Waals surface area (Å²) < 4.78 is 11.3. The van der Waals surface area contributed by atoms with Crippen LogP contribution >= 0.6 is 0 Å². The minimum atomic E-state index is -1.06. The number of benzene rings is 3. The molecule has 0 saturated carbocycles. The quantitative estimate of drug-likeness (QED) is 0.604. The zero-order valence-electron chi connectivity index (χ0n) is 16.1. The van der Waals surface area contributed by atoms with E-state index in [1.54, 1.807) is 36.4 Å². The highest BCUT2D eigenvalue weighted by molar-refractivity contribution is 5.94. The Morgan fingerprint density at radius 1 is 0.862 bits per heavy atom. The molecule has 0 unspecified atom stereocenters. The highest BCUT2D eigenvalue weighted by atomic mass is 16.5. The molecule has 0 atom stereocenters. The third-order valence-corrected chi connectivity index (χ3v) is 4.02. The smallest absolute Gasteiger partial charge is 0.335 e. The first-order valence-corrected chi connectivity index (χ1v) is 9.01. The second kappa shape index (κ2) is 8.93. The maximum atomic E-state index is 12.0. The Labute approximate surface area is 168 Å². The molecule has 3 aromatic carbocycles. The van der Waals surface area contributed by atoms with Crippen LogP contribution in [0.5, 0.6) is 17.2 Å². The summed E-state index contributed by atoms with van der Waals surface area (Å²) in [6, 6.07) is 19.0. The highest BCUT2D eigenvalue weighted by Gasteiger charge is 2.07. The zero-order valence-corrected chi connectivity index (χ0v) is 16.1. The lowest BCUT2D eigenvalue weighted by atomic mass is 10.1. The molecule has 3 aromatic rings. The van der Waals surface area contributed by atoms with E-state index in [0.29, 0.717) is 17.2 Å². The number of ether oxygens (including phenoxy) is 2. The maximum absolute atomic E-state index is 12.0. The van der Waals surface area contributed by atoms with Crippen LogP contribution < -0.4 is 14.8 Å². The van der Waals surface area contributed by atoms with Crippen molar-refractivity contribution >= 4 is 17.6 Å². The number of carbonyl (C=O) groups is 2. The van der Waals surface area contributed by atoms with Crippen molar-refractivity contribution in [1.82, 2.24) is 0 Å². The van der Waals surface area contributed by atoms with Crippen molar-refractivity contribution in [2.45, 2.75) is 13.8 Å². The zero-order chi connectivity index (χ0) is 20.8. The van der Waals surface area contributed by atoms with Gasteiger partial charge in [0.15, 0.2) is 6.61 Å². The normalized spacial score (nSPS) is 10.3. The van der Waals surface area contributed by atoms with Gasteiger partial charge in [-0.3, -0.25) is 4.79 Å². The minimum Gasteiger partial charge on any atom is -0.484 e. The standard InChI is InChI=1S/C23H21NO5/c1-15-10-16(2)12-21(11-15)29-20-8-6-19(7-9-20)28-14-22(25)24-18-5-3-4-17(13-18)23(26)27/h3-13H,14H2,1-2H3,(H,24,25)(H,26,27). The third-order valence-electron chi connectivity index (χ3n) is 4.02. The Morgan fingerprint density at radius 3 is 2.17 bits per heavy atom. The van der Waals surface area contributed by atoms with Crippen molar-refractivity contribution in [2.75, 3.05) is 11.9 Å². The van der Waals surface area contributed by atoms with Crippen LogP contribution in [0.2, 0.25) is 0 Å². The first-order chi connectivity index (χ1) is 13.9. The van der Waals surface area contributed by atoms with Gasteiger partial charge in [0.2, 0.25) is 0 Å². The van der Waals surface area contributed by atoms with E-state index in [0.717, 1.165) is 16.9 Å². The molecule has 0 aliphatic carbocycles. The Balaban J connectivity index is 1.54. The number of hydrogen-bond acceptors (Lipinski definition) is 4. The molecule has 0 aromatic heterocycles. The summed E-state index contributed by atoms with van der Waals surface area (Å²) in [6.07, 6.45) is 0. The second-order valence-electron chi connectivity index (χ2n) is 6.62. The minimum absolute atomic E-state index is 0.100. The molecule has 0 aliphatic rings. The van der Waals surface area contributed by atoms with Crippen LogP contribution in [0.1, 0.15) is 21.5 Å². The van der Waals surface area contributed by atoms with E-state index >= 15 is 0 Å². The van der Waals surface area contributed by atoms with E-state index < -0.39 is 5.97 Å². The van der Waals surface area contributed by atoms with Gasteiger partial charge < -0.3 is 19.9 Å². The Hall–Kier alpha value is -3.80. The number of hydrogen-bond donors (Lipinski definition) is 2. The number of amides is 1. The van der Waals surface area contributed by atoms with Gasteiger partial charge >= 0.3 is 5.97 Å². The molecule has 148 valence electrons. The second-order valence-corrected chi connectivity index (χ2v) is 6.62. The fraction of sp³-hybridized carbons (Fsp3) is 0.130. The lowest BCUT2D eigenvalue weighted by molar-refractivity contribution is -0.118. The average molecular weight is 391 g/mol. The van der Waals surface area contributed by atoms with E-state index in [4.69, 9.17) is 14.6 Å². The Bertz CT molecular complexity index is 1010. The van der Waals surface area contributed by atoms with Crippen LogP contribution in [-0.2, 0) is 4.79 Å². The molecule has 0 radical (unpaired) electrons. The van der Waals surface area contributed by atoms with Gasteiger partial charge in [-0.05, 0) is 79.6 Å². The molecule has 0 bridgehead atoms. The van der Waals surface area contributed by atoms with E-state index in [-0.39, 0.29) is 18.1 Å². The molecule has 6 heteroatoms. The molecule has 0 heterocycles. The van der Waals surface area contributed by atoms with E-state index in [1.807, 2.05) is 26.0 Å². The number of nitrogens with one attached hydrogen (secondary N) is 1. The van der Waals surface area contributed by atoms with Crippen molar-refractivity contribution < 1.29 is 24.2 Å². The monoisotopic (exact) mass is 391 g/mol. The molecule has 1 amide bonds. The SMILES string of the molecule is Cc1cc(C)cc(Oc2ccc(OCC(=O)Nc3cccc(C(=O)O)c3)cc2)c1. The molecule has 0 aliphatic heterocycles. The number of carbonyl (C=O) groups excluding carboxylic acids is 1. The van der Waals surface area contributed by atoms with Crippen molar-refractivity contribution in [3.8, 4) is 17.2 Å². The van der Waals surface area contributed by atoms with Crippen LogP contribution in [0.3, 0.4) is 0 Å². The van der Waals surface area contributed by atoms with E-state index in [2.05, 4.69) is 11.4 Å². The number of anilines is 1. The Kier molecular flexibility index (Phi) is 6.14. The molecule has 0 spiro atoms. The summed E-state index contributed by atoms with van der Waals surface area (Å²) >= 11 is 0. The van der Waals surface area contributed by atoms with Gasteiger partial charge in [-0.25, -0.2) is 4.79 Å². The molecule has 6 nitrogen and oxygen atoms in total. The maximum Gasteiger partial charge on any atom is 0.335 e. The topological polar surface area (TPSA) is 84.9 Å². The third kappa shape index (κ3) is 5.84. The van der Waals surface area contributed by atoms with Crippen LogP contribution in [0.15, 0.2) is 66.7 Å². The van der Waals surface area contributed by atoms with Gasteiger partial charge in [0.1, 0.15) is 17.2 Å². The molecule has 29 heavy (non-hydrogen) atoms. The van der Waals surface area contributed by atoms with Crippen LogP contribution in [0.25, 0.3) is 0 Å². The molecule has 0 saturated heterocycles. The summed E-state index contributed by atoms with van der Waals surface area (Å²) in [5.74, 6) is 0.507. The van der Waals surface area contributed by atoms with Crippen molar-refractivity contribution in [3.63, 3.8) is 0 Å². The first-order valence-electron chi connectivity index (χ1n) is 9.01. The number of aromatic carboxylic acids is 1. The van der Waals surface area contributed by atoms with Gasteiger partial charge in [-0.1, -0.05) is 12.1 Å². The fourth-order valence-corrected chi connectivity index (χ4v) is 2.81. The first kappa shape index (κ1) is 19.9. The largest absolute Gasteiger partial charge is 0.484 e. The van der Waals surface area contributed by atoms with E-state index in [9.17, 15) is 9.59 Å². The molecule has 3 rings (SSSR count).